The minimum absolute atomic E-state index is 0.292. The fraction of sp³-hybridized carbons (Fsp3) is 0.526. The largest absolute Gasteiger partial charge is 0.494 e. The molecule has 0 aromatic heterocycles. The maximum atomic E-state index is 11.3. The zero-order valence-corrected chi connectivity index (χ0v) is 27.2. The number of carbonyl (C=O) groups is 2. The highest BCUT2D eigenvalue weighted by Crippen LogP contribution is 2.25. The molecule has 0 N–H and O–H groups in total. The number of hydrogen-bond acceptors (Lipinski definition) is 6. The summed E-state index contributed by atoms with van der Waals surface area (Å²) in [6, 6.07) is 16.6. The van der Waals surface area contributed by atoms with E-state index in [0.29, 0.717) is 24.4 Å². The molecule has 0 saturated carbocycles. The molecule has 2 aromatic rings. The molecular weight excluding hydrogens is 552 g/mol. The Balaban J connectivity index is 1.47. The van der Waals surface area contributed by atoms with Crippen LogP contribution in [-0.2, 0) is 19.1 Å². The van der Waals surface area contributed by atoms with E-state index >= 15 is 0 Å². The molecule has 0 radical (unpaired) electrons. The summed E-state index contributed by atoms with van der Waals surface area (Å²) in [5.41, 5.74) is 3.24. The van der Waals surface area contributed by atoms with Gasteiger partial charge in [0.25, 0.3) is 0 Å². The van der Waals surface area contributed by atoms with E-state index in [1.165, 1.54) is 38.5 Å². The molecule has 0 unspecified atom stereocenters. The van der Waals surface area contributed by atoms with E-state index in [1.54, 1.807) is 13.8 Å². The van der Waals surface area contributed by atoms with Crippen molar-refractivity contribution in [3.05, 3.63) is 72.8 Å². The molecule has 0 aliphatic heterocycles. The number of esters is 2. The Kier molecular flexibility index (Phi) is 19.1. The Bertz CT molecular complexity index is 1010. The third-order valence-corrected chi connectivity index (χ3v) is 7.32. The van der Waals surface area contributed by atoms with E-state index in [-0.39, 0.29) is 11.9 Å². The van der Waals surface area contributed by atoms with Crippen molar-refractivity contribution in [3.63, 3.8) is 0 Å². The minimum atomic E-state index is -0.292. The summed E-state index contributed by atoms with van der Waals surface area (Å²) in [4.78, 5) is 22.7. The predicted octanol–water partition coefficient (Wildman–Crippen LogP) is 9.81. The van der Waals surface area contributed by atoms with Crippen molar-refractivity contribution in [2.75, 3.05) is 26.4 Å². The van der Waals surface area contributed by atoms with E-state index in [4.69, 9.17) is 18.9 Å². The van der Waals surface area contributed by atoms with Crippen molar-refractivity contribution in [1.29, 1.82) is 0 Å². The van der Waals surface area contributed by atoms with Gasteiger partial charge >= 0.3 is 11.9 Å². The van der Waals surface area contributed by atoms with Crippen LogP contribution in [0, 0.1) is 0 Å². The van der Waals surface area contributed by atoms with E-state index in [1.807, 2.05) is 24.3 Å². The molecule has 0 heterocycles. The Hall–Kier alpha value is -3.54. The van der Waals surface area contributed by atoms with E-state index in [0.717, 1.165) is 87.2 Å². The maximum absolute atomic E-state index is 11.3. The van der Waals surface area contributed by atoms with Crippen LogP contribution in [0.5, 0.6) is 11.5 Å². The highest BCUT2D eigenvalue weighted by molar-refractivity contribution is 5.87. The van der Waals surface area contributed by atoms with Crippen LogP contribution in [0.1, 0.15) is 104 Å². The Morgan fingerprint density at radius 3 is 1.02 bits per heavy atom. The van der Waals surface area contributed by atoms with Gasteiger partial charge in [0.2, 0.25) is 0 Å². The van der Waals surface area contributed by atoms with Crippen molar-refractivity contribution < 1.29 is 28.5 Å². The average Bonchev–Trinajstić information content (AvgIpc) is 3.02. The van der Waals surface area contributed by atoms with Crippen LogP contribution in [-0.4, -0.2) is 38.4 Å². The second kappa shape index (κ2) is 22.9. The van der Waals surface area contributed by atoms with Gasteiger partial charge in [-0.2, -0.15) is 0 Å². The number of hydrogen-bond donors (Lipinski definition) is 0. The van der Waals surface area contributed by atoms with Gasteiger partial charge in [-0.25, -0.2) is 9.59 Å². The summed E-state index contributed by atoms with van der Waals surface area (Å²) in [6.07, 6.45) is 15.6. The predicted molar refractivity (Wildman–Crippen MR) is 179 cm³/mol. The molecule has 0 aliphatic carbocycles. The molecule has 0 saturated heterocycles. The molecular formula is C38H54O6. The quantitative estimate of drug-likeness (QED) is 0.0636. The van der Waals surface area contributed by atoms with Crippen molar-refractivity contribution in [2.45, 2.75) is 104 Å². The lowest BCUT2D eigenvalue weighted by Crippen LogP contribution is -2.05. The summed E-state index contributed by atoms with van der Waals surface area (Å²) >= 11 is 0. The first-order valence-electron chi connectivity index (χ1n) is 16.5. The third kappa shape index (κ3) is 16.9. The number of benzene rings is 2. The first kappa shape index (κ1) is 36.7. The Morgan fingerprint density at radius 1 is 0.455 bits per heavy atom. The number of unbranched alkanes of at least 4 members (excludes halogenated alkanes) is 12. The SMILES string of the molecule is C=C(C)C(=O)OCCCCCCCCCOc1ccc(-c2ccc(OCCCCCCCCCOC(=O)C(=C)C)cc2)cc1. The van der Waals surface area contributed by atoms with E-state index < -0.39 is 0 Å². The molecule has 6 nitrogen and oxygen atoms in total. The number of rotatable bonds is 25. The van der Waals surface area contributed by atoms with Crippen LogP contribution in [0.2, 0.25) is 0 Å². The lowest BCUT2D eigenvalue weighted by Gasteiger charge is -2.09. The first-order chi connectivity index (χ1) is 21.4. The fourth-order valence-corrected chi connectivity index (χ4v) is 4.62. The minimum Gasteiger partial charge on any atom is -0.494 e. The molecule has 44 heavy (non-hydrogen) atoms. The van der Waals surface area contributed by atoms with Crippen LogP contribution in [0.15, 0.2) is 72.8 Å². The Morgan fingerprint density at radius 2 is 0.727 bits per heavy atom. The molecule has 0 bridgehead atoms. The fourth-order valence-electron chi connectivity index (χ4n) is 4.62. The molecule has 0 aliphatic rings. The number of carbonyl (C=O) groups excluding carboxylic acids is 2. The highest BCUT2D eigenvalue weighted by atomic mass is 16.5. The summed E-state index contributed by atoms with van der Waals surface area (Å²) in [7, 11) is 0. The van der Waals surface area contributed by atoms with Crippen LogP contribution < -0.4 is 9.47 Å². The van der Waals surface area contributed by atoms with E-state index in [2.05, 4.69) is 37.4 Å². The summed E-state index contributed by atoms with van der Waals surface area (Å²) in [5, 5.41) is 0. The van der Waals surface area contributed by atoms with Crippen LogP contribution in [0.3, 0.4) is 0 Å². The maximum Gasteiger partial charge on any atom is 0.333 e. The molecule has 2 rings (SSSR count). The molecule has 6 heteroatoms. The molecule has 0 amide bonds. The van der Waals surface area contributed by atoms with Gasteiger partial charge < -0.3 is 18.9 Å². The molecule has 0 fully saturated rings. The van der Waals surface area contributed by atoms with Gasteiger partial charge in [0, 0.05) is 11.1 Å². The number of ether oxygens (including phenoxy) is 4. The standard InChI is InChI=1S/C38H54O6/c1-31(2)37(39)43-29-17-13-9-5-7-11-15-27-41-35-23-19-33(20-24-35)34-21-25-36(26-22-34)42-28-16-12-8-6-10-14-18-30-44-38(40)32(3)4/h19-26H,1,3,5-18,27-30H2,2,4H3. The van der Waals surface area contributed by atoms with Crippen molar-refractivity contribution in [2.24, 2.45) is 0 Å². The third-order valence-electron chi connectivity index (χ3n) is 7.32. The monoisotopic (exact) mass is 606 g/mol. The zero-order chi connectivity index (χ0) is 31.8. The molecule has 2 aromatic carbocycles. The highest BCUT2D eigenvalue weighted by Gasteiger charge is 2.04. The molecule has 0 spiro atoms. The summed E-state index contributed by atoms with van der Waals surface area (Å²) in [6.45, 7) is 13.0. The van der Waals surface area contributed by atoms with Crippen molar-refractivity contribution in [3.8, 4) is 22.6 Å². The first-order valence-corrected chi connectivity index (χ1v) is 16.5. The van der Waals surface area contributed by atoms with Gasteiger partial charge in [0.1, 0.15) is 11.5 Å². The Labute approximate surface area is 265 Å². The zero-order valence-electron chi connectivity index (χ0n) is 27.2. The lowest BCUT2D eigenvalue weighted by atomic mass is 10.1. The van der Waals surface area contributed by atoms with E-state index in [9.17, 15) is 9.59 Å². The van der Waals surface area contributed by atoms with Crippen LogP contribution in [0.25, 0.3) is 11.1 Å². The second-order valence-electron chi connectivity index (χ2n) is 11.5. The van der Waals surface area contributed by atoms with Gasteiger partial charge in [-0.05, 0) is 74.9 Å². The average molecular weight is 607 g/mol. The summed E-state index contributed by atoms with van der Waals surface area (Å²) < 4.78 is 22.1. The van der Waals surface area contributed by atoms with Gasteiger partial charge in [0.15, 0.2) is 0 Å². The van der Waals surface area contributed by atoms with Gasteiger partial charge in [-0.15, -0.1) is 0 Å². The smallest absolute Gasteiger partial charge is 0.333 e. The van der Waals surface area contributed by atoms with Gasteiger partial charge in [-0.3, -0.25) is 0 Å². The van der Waals surface area contributed by atoms with Gasteiger partial charge in [-0.1, -0.05) is 102 Å². The molecule has 0 atom stereocenters. The van der Waals surface area contributed by atoms with Crippen LogP contribution >= 0.6 is 0 Å². The van der Waals surface area contributed by atoms with Crippen molar-refractivity contribution >= 4 is 11.9 Å². The molecule has 242 valence electrons. The lowest BCUT2D eigenvalue weighted by molar-refractivity contribution is -0.139. The van der Waals surface area contributed by atoms with Crippen LogP contribution in [0.4, 0.5) is 0 Å². The summed E-state index contributed by atoms with van der Waals surface area (Å²) in [5.74, 6) is 1.23. The topological polar surface area (TPSA) is 71.1 Å². The van der Waals surface area contributed by atoms with Gasteiger partial charge in [0.05, 0.1) is 26.4 Å². The normalized spacial score (nSPS) is 10.7. The second-order valence-corrected chi connectivity index (χ2v) is 11.5. The van der Waals surface area contributed by atoms with Crippen molar-refractivity contribution in [1.82, 2.24) is 0 Å².